The Bertz CT molecular complexity index is 1340. The molecular weight excluding hydrogens is 487 g/mol. The molecule has 0 unspecified atom stereocenters. The molecule has 1 amide bonds. The van der Waals surface area contributed by atoms with Crippen LogP contribution in [0.25, 0.3) is 11.0 Å². The highest BCUT2D eigenvalue weighted by molar-refractivity contribution is 6.31. The Morgan fingerprint density at radius 1 is 1.33 bits per heavy atom. The first kappa shape index (κ1) is 23.9. The van der Waals surface area contributed by atoms with Gasteiger partial charge in [0.05, 0.1) is 18.7 Å². The summed E-state index contributed by atoms with van der Waals surface area (Å²) < 4.78 is 25.4. The number of piperidine rings is 1. The number of halogens is 2. The van der Waals surface area contributed by atoms with Crippen LogP contribution in [0.4, 0.5) is 9.18 Å². The van der Waals surface area contributed by atoms with E-state index in [1.807, 2.05) is 6.07 Å². The van der Waals surface area contributed by atoms with Crippen LogP contribution in [0.3, 0.4) is 0 Å². The molecule has 5 rings (SSSR count). The van der Waals surface area contributed by atoms with Crippen LogP contribution in [0.2, 0.25) is 5.02 Å². The molecule has 1 atom stereocenters. The zero-order valence-electron chi connectivity index (χ0n) is 19.7. The SMILES string of the molecule is COc1ccccc1OC(=O)N1CCC[C@H](CNC2=C(F)CN=C(c3c[nH]c4ncc(Cl)cc34)N2)C1. The lowest BCUT2D eigenvalue weighted by molar-refractivity contribution is 0.125. The van der Waals surface area contributed by atoms with Crippen molar-refractivity contribution in [3.63, 3.8) is 0 Å². The molecule has 0 bridgehead atoms. The first-order valence-corrected chi connectivity index (χ1v) is 12.1. The summed E-state index contributed by atoms with van der Waals surface area (Å²) in [6, 6.07) is 8.83. The summed E-state index contributed by atoms with van der Waals surface area (Å²) in [6.45, 7) is 1.52. The van der Waals surface area contributed by atoms with E-state index in [1.165, 1.54) is 7.11 Å². The van der Waals surface area contributed by atoms with Crippen LogP contribution in [0.5, 0.6) is 11.5 Å². The topological polar surface area (TPSA) is 104 Å². The van der Waals surface area contributed by atoms with Crippen LogP contribution in [-0.2, 0) is 0 Å². The number of H-pyrrole nitrogens is 1. The van der Waals surface area contributed by atoms with E-state index in [-0.39, 0.29) is 24.1 Å². The van der Waals surface area contributed by atoms with E-state index in [0.29, 0.717) is 47.6 Å². The molecule has 1 saturated heterocycles. The number of benzene rings is 1. The molecule has 188 valence electrons. The number of hydrogen-bond donors (Lipinski definition) is 3. The molecule has 1 aromatic carbocycles. The maximum Gasteiger partial charge on any atom is 0.415 e. The highest BCUT2D eigenvalue weighted by atomic mass is 35.5. The Kier molecular flexibility index (Phi) is 6.95. The van der Waals surface area contributed by atoms with E-state index in [2.05, 4.69) is 25.6 Å². The van der Waals surface area contributed by atoms with Gasteiger partial charge in [0.25, 0.3) is 0 Å². The zero-order valence-corrected chi connectivity index (χ0v) is 20.4. The number of aliphatic imine (C=N–C) groups is 1. The molecule has 2 aliphatic heterocycles. The zero-order chi connectivity index (χ0) is 25.1. The predicted octanol–water partition coefficient (Wildman–Crippen LogP) is 4.21. The van der Waals surface area contributed by atoms with Gasteiger partial charge in [0, 0.05) is 43.0 Å². The van der Waals surface area contributed by atoms with Gasteiger partial charge in [-0.25, -0.2) is 14.2 Å². The molecule has 0 saturated carbocycles. The van der Waals surface area contributed by atoms with E-state index in [0.717, 1.165) is 23.8 Å². The van der Waals surface area contributed by atoms with Crippen molar-refractivity contribution < 1.29 is 18.7 Å². The van der Waals surface area contributed by atoms with Crippen molar-refractivity contribution in [3.8, 4) is 11.5 Å². The van der Waals surface area contributed by atoms with Gasteiger partial charge in [-0.15, -0.1) is 0 Å². The van der Waals surface area contributed by atoms with E-state index in [1.54, 1.807) is 41.6 Å². The van der Waals surface area contributed by atoms with Crippen molar-refractivity contribution >= 4 is 34.6 Å². The lowest BCUT2D eigenvalue weighted by Gasteiger charge is -2.32. The second kappa shape index (κ2) is 10.4. The third-order valence-electron chi connectivity index (χ3n) is 6.25. The fourth-order valence-corrected chi connectivity index (χ4v) is 4.58. The number of pyridine rings is 1. The molecule has 11 heteroatoms. The summed E-state index contributed by atoms with van der Waals surface area (Å²) in [4.78, 5) is 26.1. The Balaban J connectivity index is 1.19. The lowest BCUT2D eigenvalue weighted by atomic mass is 9.98. The first-order chi connectivity index (χ1) is 17.5. The average molecular weight is 513 g/mol. The van der Waals surface area contributed by atoms with Gasteiger partial charge in [-0.3, -0.25) is 4.99 Å². The van der Waals surface area contributed by atoms with Crippen molar-refractivity contribution in [1.82, 2.24) is 25.5 Å². The number of hydrogen-bond acceptors (Lipinski definition) is 7. The number of amidine groups is 1. The minimum Gasteiger partial charge on any atom is -0.493 e. The summed E-state index contributed by atoms with van der Waals surface area (Å²) in [5.41, 5.74) is 1.43. The van der Waals surface area contributed by atoms with Gasteiger partial charge >= 0.3 is 6.09 Å². The standard InChI is InChI=1S/C25H26ClFN6O3/c1-35-20-6-2-3-7-21(20)36-25(34)33-8-4-5-15(14-33)10-28-24-19(27)13-31-23(32-24)18-12-30-22-17(18)9-16(26)11-29-22/h2-3,6-7,9,11-12,15,28H,4-5,8,10,13-14H2,1H3,(H,29,30)(H,31,32)/t15-/m1/s1. The van der Waals surface area contributed by atoms with Gasteiger partial charge in [-0.2, -0.15) is 0 Å². The van der Waals surface area contributed by atoms with E-state index in [4.69, 9.17) is 21.1 Å². The second-order valence-corrected chi connectivity index (χ2v) is 9.11. The van der Waals surface area contributed by atoms with Gasteiger partial charge < -0.3 is 30.0 Å². The summed E-state index contributed by atoms with van der Waals surface area (Å²) >= 11 is 6.11. The van der Waals surface area contributed by atoms with Gasteiger partial charge in [-0.1, -0.05) is 23.7 Å². The van der Waals surface area contributed by atoms with Gasteiger partial charge in [0.2, 0.25) is 0 Å². The number of amides is 1. The number of para-hydroxylation sites is 2. The summed E-state index contributed by atoms with van der Waals surface area (Å²) in [5.74, 6) is 1.43. The highest BCUT2D eigenvalue weighted by Gasteiger charge is 2.27. The van der Waals surface area contributed by atoms with Crippen LogP contribution in [-0.4, -0.2) is 60.1 Å². The van der Waals surface area contributed by atoms with Crippen molar-refractivity contribution in [2.75, 3.05) is 33.3 Å². The normalized spacial score (nSPS) is 18.0. The number of aromatic amines is 1. The number of methoxy groups -OCH3 is 1. The third-order valence-corrected chi connectivity index (χ3v) is 6.46. The Morgan fingerprint density at radius 2 is 2.17 bits per heavy atom. The van der Waals surface area contributed by atoms with Crippen LogP contribution >= 0.6 is 11.6 Å². The number of nitrogens with zero attached hydrogens (tertiary/aromatic N) is 3. The molecule has 2 aromatic heterocycles. The van der Waals surface area contributed by atoms with Crippen molar-refractivity contribution in [1.29, 1.82) is 0 Å². The molecular formula is C25H26ClFN6O3. The number of carbonyl (C=O) groups is 1. The molecule has 36 heavy (non-hydrogen) atoms. The number of aromatic nitrogens is 2. The molecule has 0 aliphatic carbocycles. The molecule has 3 aromatic rings. The third kappa shape index (κ3) is 5.08. The van der Waals surface area contributed by atoms with Crippen LogP contribution in [0, 0.1) is 5.92 Å². The van der Waals surface area contributed by atoms with Crippen LogP contribution in [0.15, 0.2) is 59.4 Å². The molecule has 0 radical (unpaired) electrons. The summed E-state index contributed by atoms with van der Waals surface area (Å²) in [7, 11) is 1.53. The lowest BCUT2D eigenvalue weighted by Crippen LogP contribution is -2.45. The average Bonchev–Trinajstić information content (AvgIpc) is 3.31. The van der Waals surface area contributed by atoms with Crippen LogP contribution < -0.4 is 20.1 Å². The highest BCUT2D eigenvalue weighted by Crippen LogP contribution is 2.27. The fourth-order valence-electron chi connectivity index (χ4n) is 4.43. The largest absolute Gasteiger partial charge is 0.493 e. The van der Waals surface area contributed by atoms with E-state index < -0.39 is 6.09 Å². The summed E-state index contributed by atoms with van der Waals surface area (Å²) in [5, 5.41) is 7.56. The quantitative estimate of drug-likeness (QED) is 0.457. The number of rotatable bonds is 6. The maximum atomic E-state index is 14.6. The summed E-state index contributed by atoms with van der Waals surface area (Å²) in [6.07, 6.45) is 4.65. The molecule has 0 spiro atoms. The molecule has 3 N–H and O–H groups in total. The van der Waals surface area contributed by atoms with E-state index in [9.17, 15) is 9.18 Å². The van der Waals surface area contributed by atoms with Gasteiger partial charge in [0.15, 0.2) is 17.3 Å². The number of nitrogens with one attached hydrogen (secondary N) is 3. The molecule has 4 heterocycles. The van der Waals surface area contributed by atoms with Crippen molar-refractivity contribution in [3.05, 3.63) is 65.0 Å². The Labute approximate surface area is 212 Å². The van der Waals surface area contributed by atoms with Gasteiger partial charge in [0.1, 0.15) is 17.3 Å². The minimum atomic E-state index is -0.425. The monoisotopic (exact) mass is 512 g/mol. The smallest absolute Gasteiger partial charge is 0.415 e. The van der Waals surface area contributed by atoms with E-state index >= 15 is 0 Å². The van der Waals surface area contributed by atoms with Crippen molar-refractivity contribution in [2.24, 2.45) is 10.9 Å². The Morgan fingerprint density at radius 3 is 3.00 bits per heavy atom. The first-order valence-electron chi connectivity index (χ1n) is 11.7. The maximum absolute atomic E-state index is 14.6. The molecule has 2 aliphatic rings. The minimum absolute atomic E-state index is 0.0760. The number of ether oxygens (including phenoxy) is 2. The Hall–Kier alpha value is -3.79. The number of fused-ring (bicyclic) bond motifs is 1. The molecule has 9 nitrogen and oxygen atoms in total. The second-order valence-electron chi connectivity index (χ2n) is 8.68. The number of likely N-dealkylation sites (tertiary alicyclic amines) is 1. The van der Waals surface area contributed by atoms with Crippen molar-refractivity contribution in [2.45, 2.75) is 12.8 Å². The fraction of sp³-hybridized carbons (Fsp3) is 0.320. The number of carbonyl (C=O) groups excluding carboxylic acids is 1. The molecule has 1 fully saturated rings. The van der Waals surface area contributed by atoms with Gasteiger partial charge in [-0.05, 0) is 37.0 Å². The predicted molar refractivity (Wildman–Crippen MR) is 135 cm³/mol. The van der Waals surface area contributed by atoms with Crippen LogP contribution in [0.1, 0.15) is 18.4 Å².